The highest BCUT2D eigenvalue weighted by Gasteiger charge is 2.19. The summed E-state index contributed by atoms with van der Waals surface area (Å²) in [7, 11) is 3.49. The fourth-order valence-electron chi connectivity index (χ4n) is 2.06. The lowest BCUT2D eigenvalue weighted by molar-refractivity contribution is -0.146. The van der Waals surface area contributed by atoms with Crippen LogP contribution in [0.1, 0.15) is 24.5 Å². The standard InChI is InChI=1S/C15H23NO2/c1-5-13(15(17)18-4)10-16(3)11-14-9-7-6-8-12(14)2/h6-9,13H,5,10-11H2,1-4H3. The molecule has 0 saturated heterocycles. The fraction of sp³-hybridized carbons (Fsp3) is 0.533. The van der Waals surface area contributed by atoms with Crippen LogP contribution < -0.4 is 0 Å². The van der Waals surface area contributed by atoms with E-state index in [1.807, 2.05) is 26.1 Å². The molecule has 3 nitrogen and oxygen atoms in total. The van der Waals surface area contributed by atoms with Crippen molar-refractivity contribution >= 4 is 5.97 Å². The predicted octanol–water partition coefficient (Wildman–Crippen LogP) is 2.63. The Hall–Kier alpha value is -1.35. The van der Waals surface area contributed by atoms with Gasteiger partial charge in [-0.3, -0.25) is 4.79 Å². The number of ether oxygens (including phenoxy) is 1. The van der Waals surface area contributed by atoms with Crippen molar-refractivity contribution in [3.8, 4) is 0 Å². The summed E-state index contributed by atoms with van der Waals surface area (Å²) in [6, 6.07) is 8.33. The second-order valence-electron chi connectivity index (χ2n) is 4.75. The quantitative estimate of drug-likeness (QED) is 0.726. The number of nitrogens with zero attached hydrogens (tertiary/aromatic N) is 1. The van der Waals surface area contributed by atoms with E-state index in [4.69, 9.17) is 4.74 Å². The van der Waals surface area contributed by atoms with Crippen LogP contribution in [0.25, 0.3) is 0 Å². The summed E-state index contributed by atoms with van der Waals surface area (Å²) >= 11 is 0. The molecule has 1 aromatic rings. The molecule has 0 bridgehead atoms. The van der Waals surface area contributed by atoms with Crippen molar-refractivity contribution in [2.24, 2.45) is 5.92 Å². The third-order valence-electron chi connectivity index (χ3n) is 3.26. The van der Waals surface area contributed by atoms with Crippen molar-refractivity contribution in [3.63, 3.8) is 0 Å². The average molecular weight is 249 g/mol. The van der Waals surface area contributed by atoms with Gasteiger partial charge in [0, 0.05) is 13.1 Å². The van der Waals surface area contributed by atoms with E-state index in [9.17, 15) is 4.79 Å². The lowest BCUT2D eigenvalue weighted by Gasteiger charge is -2.22. The van der Waals surface area contributed by atoms with Crippen LogP contribution in [-0.4, -0.2) is 31.6 Å². The van der Waals surface area contributed by atoms with E-state index in [1.54, 1.807) is 0 Å². The molecule has 1 atom stereocenters. The molecule has 0 N–H and O–H groups in total. The van der Waals surface area contributed by atoms with Gasteiger partial charge in [-0.1, -0.05) is 31.2 Å². The number of esters is 1. The minimum absolute atomic E-state index is 0.0379. The van der Waals surface area contributed by atoms with Gasteiger partial charge in [-0.25, -0.2) is 0 Å². The SMILES string of the molecule is CCC(CN(C)Cc1ccccc1C)C(=O)OC. The third-order valence-corrected chi connectivity index (χ3v) is 3.26. The van der Waals surface area contributed by atoms with Crippen LogP contribution in [0.15, 0.2) is 24.3 Å². The molecule has 100 valence electrons. The summed E-state index contributed by atoms with van der Waals surface area (Å²) < 4.78 is 4.81. The Kier molecular flexibility index (Phi) is 5.86. The highest BCUT2D eigenvalue weighted by Crippen LogP contribution is 2.12. The summed E-state index contributed by atoms with van der Waals surface area (Å²) in [6.07, 6.45) is 0.810. The van der Waals surface area contributed by atoms with Crippen molar-refractivity contribution in [1.29, 1.82) is 0 Å². The number of benzene rings is 1. The van der Waals surface area contributed by atoms with Gasteiger partial charge in [0.25, 0.3) is 0 Å². The Morgan fingerprint density at radius 1 is 1.39 bits per heavy atom. The second-order valence-corrected chi connectivity index (χ2v) is 4.75. The van der Waals surface area contributed by atoms with E-state index >= 15 is 0 Å². The van der Waals surface area contributed by atoms with Gasteiger partial charge in [0.05, 0.1) is 13.0 Å². The lowest BCUT2D eigenvalue weighted by atomic mass is 10.1. The first-order valence-electron chi connectivity index (χ1n) is 6.39. The van der Waals surface area contributed by atoms with Gasteiger partial charge in [-0.05, 0) is 31.5 Å². The zero-order valence-corrected chi connectivity index (χ0v) is 11.8. The maximum Gasteiger partial charge on any atom is 0.309 e. The monoisotopic (exact) mass is 249 g/mol. The van der Waals surface area contributed by atoms with E-state index < -0.39 is 0 Å². The van der Waals surface area contributed by atoms with Gasteiger partial charge in [0.2, 0.25) is 0 Å². The Morgan fingerprint density at radius 3 is 2.61 bits per heavy atom. The normalized spacial score (nSPS) is 12.5. The number of hydrogen-bond acceptors (Lipinski definition) is 3. The minimum Gasteiger partial charge on any atom is -0.469 e. The molecule has 0 saturated carbocycles. The van der Waals surface area contributed by atoms with E-state index in [-0.39, 0.29) is 11.9 Å². The topological polar surface area (TPSA) is 29.5 Å². The smallest absolute Gasteiger partial charge is 0.309 e. The first-order valence-corrected chi connectivity index (χ1v) is 6.39. The summed E-state index contributed by atoms with van der Waals surface area (Å²) in [6.45, 7) is 5.72. The Labute approximate surface area is 110 Å². The highest BCUT2D eigenvalue weighted by molar-refractivity contribution is 5.72. The summed E-state index contributed by atoms with van der Waals surface area (Å²) in [5.74, 6) is -0.154. The van der Waals surface area contributed by atoms with Gasteiger partial charge in [-0.15, -0.1) is 0 Å². The van der Waals surface area contributed by atoms with Crippen LogP contribution in [0, 0.1) is 12.8 Å². The lowest BCUT2D eigenvalue weighted by Crippen LogP contribution is -2.30. The highest BCUT2D eigenvalue weighted by atomic mass is 16.5. The summed E-state index contributed by atoms with van der Waals surface area (Å²) in [4.78, 5) is 13.7. The van der Waals surface area contributed by atoms with Crippen LogP contribution in [0.5, 0.6) is 0 Å². The van der Waals surface area contributed by atoms with E-state index in [1.165, 1.54) is 18.2 Å². The molecule has 0 radical (unpaired) electrons. The van der Waals surface area contributed by atoms with Crippen molar-refractivity contribution in [3.05, 3.63) is 35.4 Å². The van der Waals surface area contributed by atoms with Crippen molar-refractivity contribution in [1.82, 2.24) is 4.90 Å². The van der Waals surface area contributed by atoms with E-state index in [0.717, 1.165) is 19.5 Å². The van der Waals surface area contributed by atoms with Gasteiger partial charge in [-0.2, -0.15) is 0 Å². The zero-order valence-electron chi connectivity index (χ0n) is 11.8. The summed E-state index contributed by atoms with van der Waals surface area (Å²) in [5.41, 5.74) is 2.59. The first-order chi connectivity index (χ1) is 8.58. The molecule has 0 aliphatic heterocycles. The second kappa shape index (κ2) is 7.17. The van der Waals surface area contributed by atoms with E-state index in [2.05, 4.69) is 24.0 Å². The predicted molar refractivity (Wildman–Crippen MR) is 73.3 cm³/mol. The molecule has 1 aromatic carbocycles. The first kappa shape index (κ1) is 14.7. The number of methoxy groups -OCH3 is 1. The molecular formula is C15H23NO2. The number of carbonyl (C=O) groups is 1. The minimum atomic E-state index is -0.117. The fourth-order valence-corrected chi connectivity index (χ4v) is 2.06. The Balaban J connectivity index is 2.58. The molecule has 0 aliphatic rings. The molecule has 1 unspecified atom stereocenters. The number of hydrogen-bond donors (Lipinski definition) is 0. The van der Waals surface area contributed by atoms with Crippen LogP contribution in [0.4, 0.5) is 0 Å². The molecule has 0 aromatic heterocycles. The van der Waals surface area contributed by atoms with Crippen LogP contribution in [0.2, 0.25) is 0 Å². The Morgan fingerprint density at radius 2 is 2.06 bits per heavy atom. The molecule has 0 spiro atoms. The number of carbonyl (C=O) groups excluding carboxylic acids is 1. The molecule has 0 fully saturated rings. The average Bonchev–Trinajstić information content (AvgIpc) is 2.37. The van der Waals surface area contributed by atoms with Crippen molar-refractivity contribution < 1.29 is 9.53 Å². The molecule has 1 rings (SSSR count). The van der Waals surface area contributed by atoms with Crippen LogP contribution >= 0.6 is 0 Å². The van der Waals surface area contributed by atoms with Crippen molar-refractivity contribution in [2.45, 2.75) is 26.8 Å². The van der Waals surface area contributed by atoms with E-state index in [0.29, 0.717) is 0 Å². The van der Waals surface area contributed by atoms with Crippen LogP contribution in [-0.2, 0) is 16.1 Å². The third kappa shape index (κ3) is 4.15. The zero-order chi connectivity index (χ0) is 13.5. The maximum absolute atomic E-state index is 11.5. The molecule has 0 amide bonds. The molecule has 0 heterocycles. The van der Waals surface area contributed by atoms with Gasteiger partial charge in [0.15, 0.2) is 0 Å². The number of rotatable bonds is 6. The molecule has 3 heteroatoms. The van der Waals surface area contributed by atoms with Gasteiger partial charge >= 0.3 is 5.97 Å². The molecular weight excluding hydrogens is 226 g/mol. The Bertz CT molecular complexity index is 390. The van der Waals surface area contributed by atoms with Crippen LogP contribution in [0.3, 0.4) is 0 Å². The summed E-state index contributed by atoms with van der Waals surface area (Å²) in [5, 5.41) is 0. The van der Waals surface area contributed by atoms with Crippen molar-refractivity contribution in [2.75, 3.05) is 20.7 Å². The van der Waals surface area contributed by atoms with Gasteiger partial charge < -0.3 is 9.64 Å². The number of aryl methyl sites for hydroxylation is 1. The maximum atomic E-state index is 11.5. The largest absolute Gasteiger partial charge is 0.469 e. The molecule has 18 heavy (non-hydrogen) atoms. The van der Waals surface area contributed by atoms with Gasteiger partial charge in [0.1, 0.15) is 0 Å². The molecule has 0 aliphatic carbocycles.